The summed E-state index contributed by atoms with van der Waals surface area (Å²) in [5.74, 6) is -1.33. The molecule has 1 saturated heterocycles. The zero-order valence-corrected chi connectivity index (χ0v) is 10.6. The fraction of sp³-hybridized carbons (Fsp3) is 0.556. The summed E-state index contributed by atoms with van der Waals surface area (Å²) in [4.78, 5) is 12.9. The van der Waals surface area contributed by atoms with Gasteiger partial charge in [-0.2, -0.15) is 5.10 Å². The third-order valence-corrected chi connectivity index (χ3v) is 4.31. The van der Waals surface area contributed by atoms with Crippen LogP contribution in [0.5, 0.6) is 0 Å². The molecule has 1 unspecified atom stereocenters. The molecule has 8 nitrogen and oxygen atoms in total. The van der Waals surface area contributed by atoms with Crippen LogP contribution in [0.1, 0.15) is 16.8 Å². The van der Waals surface area contributed by atoms with Gasteiger partial charge in [-0.3, -0.25) is 5.10 Å². The Labute approximate surface area is 104 Å². The maximum atomic E-state index is 12.0. The van der Waals surface area contributed by atoms with Crippen molar-refractivity contribution in [2.24, 2.45) is 0 Å². The Morgan fingerprint density at radius 1 is 1.67 bits per heavy atom. The average Bonchev–Trinajstić information content (AvgIpc) is 2.86. The molecule has 1 aliphatic rings. The molecule has 18 heavy (non-hydrogen) atoms. The van der Waals surface area contributed by atoms with Crippen molar-refractivity contribution in [2.45, 2.75) is 17.5 Å². The van der Waals surface area contributed by atoms with Crippen LogP contribution in [-0.4, -0.2) is 60.8 Å². The molecule has 1 atom stereocenters. The van der Waals surface area contributed by atoms with E-state index in [0.717, 1.165) is 12.7 Å². The summed E-state index contributed by atoms with van der Waals surface area (Å²) in [7, 11) is -1.98. The summed E-state index contributed by atoms with van der Waals surface area (Å²) in [6.07, 6.45) is 1.68. The quantitative estimate of drug-likeness (QED) is 0.654. The highest BCUT2D eigenvalue weighted by Crippen LogP contribution is 2.15. The van der Waals surface area contributed by atoms with E-state index in [1.54, 1.807) is 0 Å². The fourth-order valence-corrected chi connectivity index (χ4v) is 3.29. The second kappa shape index (κ2) is 4.67. The van der Waals surface area contributed by atoms with Gasteiger partial charge >= 0.3 is 5.97 Å². The van der Waals surface area contributed by atoms with Gasteiger partial charge in [-0.05, 0) is 20.0 Å². The topological polar surface area (TPSA) is 115 Å². The molecule has 0 spiro atoms. The molecule has 100 valence electrons. The number of hydrogen-bond acceptors (Lipinski definition) is 5. The number of nitrogens with one attached hydrogen (secondary N) is 2. The van der Waals surface area contributed by atoms with E-state index >= 15 is 0 Å². The Balaban J connectivity index is 2.20. The van der Waals surface area contributed by atoms with Gasteiger partial charge in [0.15, 0.2) is 5.03 Å². The van der Waals surface area contributed by atoms with Crippen LogP contribution >= 0.6 is 0 Å². The van der Waals surface area contributed by atoms with Crippen molar-refractivity contribution in [1.29, 1.82) is 0 Å². The minimum Gasteiger partial charge on any atom is -0.478 e. The number of rotatable bonds is 4. The van der Waals surface area contributed by atoms with E-state index in [9.17, 15) is 13.2 Å². The Hall–Kier alpha value is -1.45. The zero-order valence-electron chi connectivity index (χ0n) is 9.75. The number of carboxylic acid groups (broad SMARTS) is 1. The summed E-state index contributed by atoms with van der Waals surface area (Å²) >= 11 is 0. The summed E-state index contributed by atoms with van der Waals surface area (Å²) in [6, 6.07) is -0.204. The molecule has 0 aliphatic carbocycles. The number of likely N-dealkylation sites (N-methyl/N-ethyl adjacent to an activating group) is 1. The number of aromatic amines is 1. The predicted octanol–water partition coefficient (Wildman–Crippen LogP) is -0.910. The summed E-state index contributed by atoms with van der Waals surface area (Å²) in [6.45, 7) is 1.41. The highest BCUT2D eigenvalue weighted by Gasteiger charge is 2.29. The van der Waals surface area contributed by atoms with E-state index in [1.165, 1.54) is 0 Å². The van der Waals surface area contributed by atoms with E-state index < -0.39 is 21.0 Å². The minimum atomic E-state index is -3.88. The molecule has 0 saturated carbocycles. The Kier molecular flexibility index (Phi) is 3.37. The Bertz CT molecular complexity index is 553. The zero-order chi connectivity index (χ0) is 13.3. The number of sulfonamides is 1. The van der Waals surface area contributed by atoms with Gasteiger partial charge in [-0.15, -0.1) is 0 Å². The summed E-state index contributed by atoms with van der Waals surface area (Å²) < 4.78 is 26.5. The lowest BCUT2D eigenvalue weighted by Gasteiger charge is -2.12. The molecule has 0 bridgehead atoms. The van der Waals surface area contributed by atoms with E-state index in [1.807, 2.05) is 11.9 Å². The summed E-state index contributed by atoms with van der Waals surface area (Å²) in [5, 5.41) is 14.1. The number of likely N-dealkylation sites (tertiary alicyclic amines) is 1. The first kappa shape index (κ1) is 13.0. The van der Waals surface area contributed by atoms with Gasteiger partial charge in [0.2, 0.25) is 0 Å². The first-order valence-electron chi connectivity index (χ1n) is 5.37. The smallest absolute Gasteiger partial charge is 0.340 e. The number of nitrogens with zero attached hydrogens (tertiary/aromatic N) is 2. The lowest BCUT2D eigenvalue weighted by atomic mass is 10.3. The van der Waals surface area contributed by atoms with Crippen LogP contribution in [0, 0.1) is 0 Å². The monoisotopic (exact) mass is 274 g/mol. The molecule has 1 aromatic rings. The number of carbonyl (C=O) groups is 1. The van der Waals surface area contributed by atoms with Gasteiger partial charge in [-0.25, -0.2) is 17.9 Å². The van der Waals surface area contributed by atoms with Gasteiger partial charge in [0.05, 0.1) is 6.20 Å². The molecule has 1 aromatic heterocycles. The molecular weight excluding hydrogens is 260 g/mol. The molecule has 1 fully saturated rings. The van der Waals surface area contributed by atoms with Crippen LogP contribution in [0.15, 0.2) is 11.2 Å². The predicted molar refractivity (Wildman–Crippen MR) is 61.8 cm³/mol. The van der Waals surface area contributed by atoms with E-state index in [2.05, 4.69) is 14.9 Å². The maximum absolute atomic E-state index is 12.0. The van der Waals surface area contributed by atoms with Crippen molar-refractivity contribution < 1.29 is 18.3 Å². The number of carboxylic acids is 1. The van der Waals surface area contributed by atoms with Crippen LogP contribution in [0.25, 0.3) is 0 Å². The second-order valence-electron chi connectivity index (χ2n) is 4.29. The van der Waals surface area contributed by atoms with Crippen LogP contribution < -0.4 is 4.72 Å². The highest BCUT2D eigenvalue weighted by molar-refractivity contribution is 7.89. The molecule has 9 heteroatoms. The highest BCUT2D eigenvalue weighted by atomic mass is 32.2. The van der Waals surface area contributed by atoms with Crippen LogP contribution in [0.2, 0.25) is 0 Å². The van der Waals surface area contributed by atoms with Crippen LogP contribution in [0.3, 0.4) is 0 Å². The summed E-state index contributed by atoms with van der Waals surface area (Å²) in [5.41, 5.74) is -0.353. The van der Waals surface area contributed by atoms with Crippen LogP contribution in [0.4, 0.5) is 0 Å². The van der Waals surface area contributed by atoms with Crippen molar-refractivity contribution in [2.75, 3.05) is 20.1 Å². The van der Waals surface area contributed by atoms with Gasteiger partial charge in [0.1, 0.15) is 5.56 Å². The van der Waals surface area contributed by atoms with Crippen LogP contribution in [-0.2, 0) is 10.0 Å². The minimum absolute atomic E-state index is 0.204. The second-order valence-corrected chi connectivity index (χ2v) is 5.94. The van der Waals surface area contributed by atoms with Crippen molar-refractivity contribution in [3.05, 3.63) is 11.8 Å². The third-order valence-electron chi connectivity index (χ3n) is 2.82. The molecule has 0 aromatic carbocycles. The molecule has 1 aliphatic heterocycles. The number of hydrogen-bond donors (Lipinski definition) is 3. The van der Waals surface area contributed by atoms with E-state index in [4.69, 9.17) is 5.11 Å². The SMILES string of the molecule is CN1CCC(NS(=O)(=O)c2[nH]ncc2C(=O)O)C1. The lowest BCUT2D eigenvalue weighted by Crippen LogP contribution is -2.37. The van der Waals surface area contributed by atoms with Gasteiger partial charge in [-0.1, -0.05) is 0 Å². The van der Waals surface area contributed by atoms with Gasteiger partial charge < -0.3 is 10.0 Å². The Morgan fingerprint density at radius 2 is 2.39 bits per heavy atom. The third kappa shape index (κ3) is 2.52. The van der Waals surface area contributed by atoms with Crippen molar-refractivity contribution in [3.63, 3.8) is 0 Å². The largest absolute Gasteiger partial charge is 0.478 e. The van der Waals surface area contributed by atoms with Crippen molar-refractivity contribution >= 4 is 16.0 Å². The van der Waals surface area contributed by atoms with Crippen molar-refractivity contribution in [3.8, 4) is 0 Å². The number of aromatic carboxylic acids is 1. The first-order chi connectivity index (χ1) is 8.40. The first-order valence-corrected chi connectivity index (χ1v) is 6.86. The van der Waals surface area contributed by atoms with Crippen molar-refractivity contribution in [1.82, 2.24) is 19.8 Å². The van der Waals surface area contributed by atoms with E-state index in [-0.39, 0.29) is 11.6 Å². The molecule has 0 amide bonds. The number of H-pyrrole nitrogens is 1. The fourth-order valence-electron chi connectivity index (χ4n) is 1.94. The standard InChI is InChI=1S/C9H14N4O4S/c1-13-3-2-6(5-13)12-18(16,17)8-7(9(14)15)4-10-11-8/h4,6,12H,2-3,5H2,1H3,(H,10,11)(H,14,15). The Morgan fingerprint density at radius 3 is 2.94 bits per heavy atom. The maximum Gasteiger partial charge on any atom is 0.340 e. The molecule has 2 heterocycles. The van der Waals surface area contributed by atoms with Gasteiger partial charge in [0.25, 0.3) is 10.0 Å². The lowest BCUT2D eigenvalue weighted by molar-refractivity contribution is 0.0692. The molecule has 3 N–H and O–H groups in total. The number of aromatic nitrogens is 2. The molecular formula is C9H14N4O4S. The van der Waals surface area contributed by atoms with E-state index in [0.29, 0.717) is 13.0 Å². The molecule has 0 radical (unpaired) electrons. The molecule has 2 rings (SSSR count). The van der Waals surface area contributed by atoms with Gasteiger partial charge in [0, 0.05) is 12.6 Å². The normalized spacial score (nSPS) is 21.3. The average molecular weight is 274 g/mol.